The van der Waals surface area contributed by atoms with Crippen LogP contribution in [-0.2, 0) is 16.0 Å². The zero-order valence-corrected chi connectivity index (χ0v) is 24.9. The summed E-state index contributed by atoms with van der Waals surface area (Å²) in [5, 5.41) is 13.7. The van der Waals surface area contributed by atoms with E-state index < -0.39 is 5.82 Å². The molecular weight excluding hydrogens is 553 g/mol. The molecule has 1 amide bonds. The second-order valence-electron chi connectivity index (χ2n) is 11.5. The van der Waals surface area contributed by atoms with Crippen molar-refractivity contribution in [1.29, 1.82) is 0 Å². The molecule has 4 aromatic rings. The number of H-pyrrole nitrogens is 1. The summed E-state index contributed by atoms with van der Waals surface area (Å²) in [6, 6.07) is 11.5. The zero-order valence-electron chi connectivity index (χ0n) is 24.9. The number of methoxy groups -OCH3 is 1. The summed E-state index contributed by atoms with van der Waals surface area (Å²) in [5.74, 6) is 1.47. The maximum absolute atomic E-state index is 13.4. The summed E-state index contributed by atoms with van der Waals surface area (Å²) in [6.07, 6.45) is 3.70. The van der Waals surface area contributed by atoms with Gasteiger partial charge in [-0.3, -0.25) is 14.8 Å². The van der Waals surface area contributed by atoms with Crippen LogP contribution in [0.3, 0.4) is 0 Å². The average Bonchev–Trinajstić information content (AvgIpc) is 3.59. The number of ether oxygens (including phenoxy) is 3. The molecule has 3 N–H and O–H groups in total. The molecule has 1 fully saturated rings. The molecule has 0 spiro atoms. The first-order valence-electron chi connectivity index (χ1n) is 14.4. The molecule has 0 radical (unpaired) electrons. The number of amides is 1. The van der Waals surface area contributed by atoms with Gasteiger partial charge in [0.25, 0.3) is 0 Å². The Labute approximate surface area is 250 Å². The molecular formula is C31H38FN7O4. The third kappa shape index (κ3) is 8.17. The molecule has 0 aliphatic carbocycles. The van der Waals surface area contributed by atoms with E-state index in [0.29, 0.717) is 59.3 Å². The number of aromatic nitrogens is 4. The lowest BCUT2D eigenvalue weighted by atomic mass is 10.2. The number of carbonyl (C=O) groups excluding carboxylic acids is 1. The van der Waals surface area contributed by atoms with E-state index in [1.165, 1.54) is 24.5 Å². The van der Waals surface area contributed by atoms with Crippen molar-refractivity contribution in [3.63, 3.8) is 0 Å². The van der Waals surface area contributed by atoms with E-state index >= 15 is 0 Å². The van der Waals surface area contributed by atoms with E-state index in [0.717, 1.165) is 31.3 Å². The summed E-state index contributed by atoms with van der Waals surface area (Å²) in [7, 11) is 1.60. The Morgan fingerprint density at radius 3 is 2.81 bits per heavy atom. The SMILES string of the molecule is COc1cc2c(Nc3cc(CC(=O)Nc4cccc(F)c4)[nH]n3)ncnc2cc1OC[C@H]1CCCN1CCOC(C)(C)C. The highest BCUT2D eigenvalue weighted by molar-refractivity contribution is 5.93. The van der Waals surface area contributed by atoms with E-state index in [1.54, 1.807) is 19.2 Å². The molecule has 1 saturated heterocycles. The van der Waals surface area contributed by atoms with Gasteiger partial charge in [0.2, 0.25) is 5.91 Å². The first kappa shape index (κ1) is 30.2. The van der Waals surface area contributed by atoms with Crippen molar-refractivity contribution in [2.75, 3.05) is 44.0 Å². The molecule has 0 saturated carbocycles. The average molecular weight is 592 g/mol. The van der Waals surface area contributed by atoms with Crippen molar-refractivity contribution >= 4 is 34.1 Å². The van der Waals surface area contributed by atoms with E-state index in [2.05, 4.69) is 56.5 Å². The number of fused-ring (bicyclic) bond motifs is 1. The maximum atomic E-state index is 13.4. The standard InChI is InChI=1S/C31H38FN7O4/c1-31(2,3)43-12-11-39-10-6-9-23(39)18-42-27-17-25-24(16-26(27)41-4)30(34-19-33-25)36-28-14-22(37-38-28)15-29(40)35-21-8-5-7-20(32)13-21/h5,7-8,13-14,16-17,19,23H,6,9-12,15,18H2,1-4H3,(H,35,40)(H2,33,34,36,37,38)/t23-/m1/s1. The first-order chi connectivity index (χ1) is 20.7. The van der Waals surface area contributed by atoms with Crippen LogP contribution in [-0.4, -0.2) is 76.0 Å². The van der Waals surface area contributed by atoms with Crippen molar-refractivity contribution < 1.29 is 23.4 Å². The number of carbonyl (C=O) groups is 1. The number of halogens is 1. The highest BCUT2D eigenvalue weighted by Crippen LogP contribution is 2.35. The second-order valence-corrected chi connectivity index (χ2v) is 11.5. The molecule has 0 unspecified atom stereocenters. The summed E-state index contributed by atoms with van der Waals surface area (Å²) >= 11 is 0. The number of aromatic amines is 1. The maximum Gasteiger partial charge on any atom is 0.230 e. The lowest BCUT2D eigenvalue weighted by Gasteiger charge is -2.27. The summed E-state index contributed by atoms with van der Waals surface area (Å²) in [4.78, 5) is 23.7. The van der Waals surface area contributed by atoms with Crippen molar-refractivity contribution in [3.8, 4) is 11.5 Å². The van der Waals surface area contributed by atoms with Crippen LogP contribution < -0.4 is 20.1 Å². The predicted molar refractivity (Wildman–Crippen MR) is 162 cm³/mol. The Morgan fingerprint density at radius 2 is 2.02 bits per heavy atom. The largest absolute Gasteiger partial charge is 0.493 e. The zero-order chi connectivity index (χ0) is 30.4. The van der Waals surface area contributed by atoms with Crippen LogP contribution in [0.1, 0.15) is 39.3 Å². The third-order valence-electron chi connectivity index (χ3n) is 7.10. The van der Waals surface area contributed by atoms with Crippen LogP contribution in [0, 0.1) is 5.82 Å². The number of nitrogens with one attached hydrogen (secondary N) is 3. The van der Waals surface area contributed by atoms with Crippen LogP contribution >= 0.6 is 0 Å². The van der Waals surface area contributed by atoms with Crippen molar-refractivity contribution in [1.82, 2.24) is 25.1 Å². The smallest absolute Gasteiger partial charge is 0.230 e. The van der Waals surface area contributed by atoms with Gasteiger partial charge in [0, 0.05) is 41.5 Å². The van der Waals surface area contributed by atoms with Gasteiger partial charge in [0.05, 0.1) is 31.3 Å². The van der Waals surface area contributed by atoms with Gasteiger partial charge in [-0.2, -0.15) is 5.10 Å². The fraction of sp³-hybridized carbons (Fsp3) is 0.419. The fourth-order valence-electron chi connectivity index (χ4n) is 5.05. The molecule has 2 aromatic carbocycles. The second kappa shape index (κ2) is 13.3. The topological polar surface area (TPSA) is 127 Å². The van der Waals surface area contributed by atoms with Crippen LogP contribution in [0.2, 0.25) is 0 Å². The van der Waals surface area contributed by atoms with E-state index in [1.807, 2.05) is 12.1 Å². The van der Waals surface area contributed by atoms with Gasteiger partial charge < -0.3 is 24.8 Å². The summed E-state index contributed by atoms with van der Waals surface area (Å²) in [5.41, 5.74) is 1.49. The predicted octanol–water partition coefficient (Wildman–Crippen LogP) is 5.08. The number of hydrogen-bond acceptors (Lipinski definition) is 9. The van der Waals surface area contributed by atoms with Crippen LogP contribution in [0.4, 0.5) is 21.7 Å². The van der Waals surface area contributed by atoms with Gasteiger partial charge in [0.1, 0.15) is 24.6 Å². The minimum atomic E-state index is -0.420. The van der Waals surface area contributed by atoms with Gasteiger partial charge in [-0.15, -0.1) is 0 Å². The molecule has 1 aliphatic rings. The summed E-state index contributed by atoms with van der Waals surface area (Å²) < 4.78 is 31.3. The number of likely N-dealkylation sites (tertiary alicyclic amines) is 1. The molecule has 0 bridgehead atoms. The number of benzene rings is 2. The minimum absolute atomic E-state index is 0.0340. The van der Waals surface area contributed by atoms with E-state index in [9.17, 15) is 9.18 Å². The lowest BCUT2D eigenvalue weighted by molar-refractivity contribution is -0.115. The van der Waals surface area contributed by atoms with Crippen LogP contribution in [0.15, 0.2) is 48.8 Å². The van der Waals surface area contributed by atoms with Crippen molar-refractivity contribution in [3.05, 3.63) is 60.3 Å². The lowest BCUT2D eigenvalue weighted by Crippen LogP contribution is -2.37. The molecule has 1 atom stereocenters. The number of hydrogen-bond donors (Lipinski definition) is 3. The Kier molecular flexibility index (Phi) is 9.37. The molecule has 43 heavy (non-hydrogen) atoms. The Morgan fingerprint density at radius 1 is 1.16 bits per heavy atom. The van der Waals surface area contributed by atoms with Gasteiger partial charge in [-0.05, 0) is 64.4 Å². The Bertz CT molecular complexity index is 1550. The molecule has 12 heteroatoms. The minimum Gasteiger partial charge on any atom is -0.493 e. The van der Waals surface area contributed by atoms with E-state index in [4.69, 9.17) is 14.2 Å². The number of anilines is 3. The third-order valence-corrected chi connectivity index (χ3v) is 7.10. The molecule has 11 nitrogen and oxygen atoms in total. The first-order valence-corrected chi connectivity index (χ1v) is 14.4. The van der Waals surface area contributed by atoms with Crippen LogP contribution in [0.25, 0.3) is 10.9 Å². The van der Waals surface area contributed by atoms with Gasteiger partial charge in [-0.1, -0.05) is 6.07 Å². The van der Waals surface area contributed by atoms with Crippen molar-refractivity contribution in [2.45, 2.75) is 51.7 Å². The Balaban J connectivity index is 1.23. The molecule has 1 aliphatic heterocycles. The van der Waals surface area contributed by atoms with Gasteiger partial charge in [0.15, 0.2) is 17.3 Å². The molecule has 5 rings (SSSR count). The fourth-order valence-corrected chi connectivity index (χ4v) is 5.05. The summed E-state index contributed by atoms with van der Waals surface area (Å²) in [6.45, 7) is 9.33. The normalized spacial score (nSPS) is 15.5. The number of rotatable bonds is 12. The quantitative estimate of drug-likeness (QED) is 0.207. The van der Waals surface area contributed by atoms with Crippen molar-refractivity contribution in [2.24, 2.45) is 0 Å². The van der Waals surface area contributed by atoms with Gasteiger partial charge in [-0.25, -0.2) is 14.4 Å². The molecule has 3 heterocycles. The highest BCUT2D eigenvalue weighted by atomic mass is 19.1. The number of nitrogens with zero attached hydrogens (tertiary/aromatic N) is 4. The Hall–Kier alpha value is -4.29. The van der Waals surface area contributed by atoms with E-state index in [-0.39, 0.29) is 17.9 Å². The molecule has 228 valence electrons. The van der Waals surface area contributed by atoms with Crippen LogP contribution in [0.5, 0.6) is 11.5 Å². The molecule has 2 aromatic heterocycles. The van der Waals surface area contributed by atoms with Gasteiger partial charge >= 0.3 is 0 Å². The highest BCUT2D eigenvalue weighted by Gasteiger charge is 2.26. The monoisotopic (exact) mass is 591 g/mol.